The lowest BCUT2D eigenvalue weighted by molar-refractivity contribution is -0.127. The highest BCUT2D eigenvalue weighted by atomic mass is 28.4. The Morgan fingerprint density at radius 3 is 2.43 bits per heavy atom. The second kappa shape index (κ2) is 9.90. The van der Waals surface area contributed by atoms with Gasteiger partial charge in [-0.1, -0.05) is 38.2 Å². The summed E-state index contributed by atoms with van der Waals surface area (Å²) < 4.78 is 0. The summed E-state index contributed by atoms with van der Waals surface area (Å²) >= 11 is 0. The summed E-state index contributed by atoms with van der Waals surface area (Å²) in [6, 6.07) is 0. The first-order valence-corrected chi connectivity index (χ1v) is 14.8. The Kier molecular flexibility index (Phi) is 7.79. The second-order valence-electron chi connectivity index (χ2n) is 10.3. The molecule has 0 aromatic rings. The molecule has 0 aromatic heterocycles. The molecule has 0 aromatic carbocycles. The van der Waals surface area contributed by atoms with E-state index in [1.165, 1.54) is 38.5 Å². The zero-order chi connectivity index (χ0) is 20.1. The zero-order valence-corrected chi connectivity index (χ0v) is 19.1. The maximum Gasteiger partial charge on any atom is 0.246 e. The average Bonchev–Trinajstić information content (AvgIpc) is 2.71. The largest absolute Gasteiger partial charge is 0.432 e. The normalized spacial score (nSPS) is 33.4. The molecule has 28 heavy (non-hydrogen) atoms. The molecule has 5 heteroatoms. The maximum atomic E-state index is 12.7. The van der Waals surface area contributed by atoms with E-state index in [9.17, 15) is 9.59 Å². The number of likely N-dealkylation sites (tertiary alicyclic amines) is 1. The van der Waals surface area contributed by atoms with Crippen LogP contribution in [-0.4, -0.2) is 43.6 Å². The smallest absolute Gasteiger partial charge is 0.246 e. The van der Waals surface area contributed by atoms with Gasteiger partial charge in [-0.3, -0.25) is 4.79 Å². The van der Waals surface area contributed by atoms with Crippen molar-refractivity contribution in [2.75, 3.05) is 19.6 Å². The molecule has 0 bridgehead atoms. The minimum Gasteiger partial charge on any atom is -0.432 e. The molecule has 2 saturated carbocycles. The van der Waals surface area contributed by atoms with Crippen LogP contribution in [0.5, 0.6) is 0 Å². The van der Waals surface area contributed by atoms with Gasteiger partial charge in [0.2, 0.25) is 5.91 Å². The third kappa shape index (κ3) is 5.70. The predicted octanol–water partition coefficient (Wildman–Crippen LogP) is 4.30. The lowest BCUT2D eigenvalue weighted by Gasteiger charge is -2.39. The summed E-state index contributed by atoms with van der Waals surface area (Å²) in [5.41, 5.74) is 6.32. The van der Waals surface area contributed by atoms with Gasteiger partial charge in [0.05, 0.1) is 0 Å². The van der Waals surface area contributed by atoms with E-state index >= 15 is 0 Å². The van der Waals surface area contributed by atoms with Crippen LogP contribution in [0.4, 0.5) is 0 Å². The fourth-order valence-electron chi connectivity index (χ4n) is 6.14. The standard InChI is InChI=1S/C23H42N2O2Si/c1-28(2,27)22-9-4-3-7-20(22)10-11-23(26)25-14-12-19(13-15-25)21-8-5-6-18(16-21)17-24/h10-11,18-22,27H,3-9,12-17,24H2,1-2H3/b11-10+. The van der Waals surface area contributed by atoms with Crippen LogP contribution in [0.1, 0.15) is 64.2 Å². The van der Waals surface area contributed by atoms with Crippen LogP contribution in [0.15, 0.2) is 12.2 Å². The molecule has 4 unspecified atom stereocenters. The molecule has 3 N–H and O–H groups in total. The molecule has 0 spiro atoms. The number of piperidine rings is 1. The predicted molar refractivity (Wildman–Crippen MR) is 118 cm³/mol. The first-order chi connectivity index (χ1) is 13.4. The molecule has 1 heterocycles. The van der Waals surface area contributed by atoms with Gasteiger partial charge in [0, 0.05) is 13.1 Å². The molecule has 1 saturated heterocycles. The Balaban J connectivity index is 1.49. The van der Waals surface area contributed by atoms with Crippen LogP contribution in [0.3, 0.4) is 0 Å². The third-order valence-electron chi connectivity index (χ3n) is 7.89. The Labute approximate surface area is 173 Å². The Bertz CT molecular complexity index is 537. The molecular formula is C23H42N2O2Si. The van der Waals surface area contributed by atoms with Gasteiger partial charge in [0.25, 0.3) is 0 Å². The zero-order valence-electron chi connectivity index (χ0n) is 18.1. The van der Waals surface area contributed by atoms with E-state index in [-0.39, 0.29) is 5.91 Å². The van der Waals surface area contributed by atoms with Crippen molar-refractivity contribution >= 4 is 14.2 Å². The van der Waals surface area contributed by atoms with Crippen molar-refractivity contribution in [3.8, 4) is 0 Å². The lowest BCUT2D eigenvalue weighted by Crippen LogP contribution is -2.40. The topological polar surface area (TPSA) is 66.6 Å². The Morgan fingerprint density at radius 1 is 1.04 bits per heavy atom. The van der Waals surface area contributed by atoms with Gasteiger partial charge in [0.15, 0.2) is 8.32 Å². The second-order valence-corrected chi connectivity index (χ2v) is 14.3. The quantitative estimate of drug-likeness (QED) is 0.528. The molecule has 160 valence electrons. The van der Waals surface area contributed by atoms with Crippen molar-refractivity contribution in [2.45, 2.75) is 82.8 Å². The molecule has 3 aliphatic rings. The highest BCUT2D eigenvalue weighted by Crippen LogP contribution is 2.41. The van der Waals surface area contributed by atoms with Crippen molar-refractivity contribution in [3.63, 3.8) is 0 Å². The number of allylic oxidation sites excluding steroid dienone is 1. The summed E-state index contributed by atoms with van der Waals surface area (Å²) in [6.45, 7) is 6.76. The minimum absolute atomic E-state index is 0.184. The molecule has 4 nitrogen and oxygen atoms in total. The van der Waals surface area contributed by atoms with E-state index in [4.69, 9.17) is 5.73 Å². The molecular weight excluding hydrogens is 364 g/mol. The van der Waals surface area contributed by atoms with Gasteiger partial charge in [-0.15, -0.1) is 0 Å². The van der Waals surface area contributed by atoms with E-state index < -0.39 is 8.32 Å². The summed E-state index contributed by atoms with van der Waals surface area (Å²) in [6.07, 6.45) is 16.3. The number of nitrogens with two attached hydrogens (primary N) is 1. The highest BCUT2D eigenvalue weighted by Gasteiger charge is 2.37. The van der Waals surface area contributed by atoms with Crippen LogP contribution in [0.25, 0.3) is 0 Å². The Hall–Kier alpha value is -0.653. The number of hydrogen-bond donors (Lipinski definition) is 2. The minimum atomic E-state index is -2.15. The van der Waals surface area contributed by atoms with Crippen LogP contribution in [0, 0.1) is 23.7 Å². The number of rotatable bonds is 5. The average molecular weight is 407 g/mol. The number of hydrogen-bond acceptors (Lipinski definition) is 3. The van der Waals surface area contributed by atoms with Crippen molar-refractivity contribution < 1.29 is 9.59 Å². The van der Waals surface area contributed by atoms with Crippen molar-refractivity contribution in [1.29, 1.82) is 0 Å². The third-order valence-corrected chi connectivity index (χ3v) is 10.4. The molecule has 0 radical (unpaired) electrons. The number of nitrogens with zero attached hydrogens (tertiary/aromatic N) is 1. The van der Waals surface area contributed by atoms with E-state index in [2.05, 4.69) is 24.1 Å². The number of carbonyl (C=O) groups excluding carboxylic acids is 1. The van der Waals surface area contributed by atoms with Crippen LogP contribution in [-0.2, 0) is 4.79 Å². The van der Waals surface area contributed by atoms with Crippen molar-refractivity contribution in [1.82, 2.24) is 4.90 Å². The summed E-state index contributed by atoms with van der Waals surface area (Å²) in [5.74, 6) is 2.91. The lowest BCUT2D eigenvalue weighted by atomic mass is 9.72. The van der Waals surface area contributed by atoms with Crippen molar-refractivity contribution in [3.05, 3.63) is 12.2 Å². The molecule has 1 aliphatic heterocycles. The molecule has 4 atom stereocenters. The molecule has 2 aliphatic carbocycles. The number of amides is 1. The monoisotopic (exact) mass is 406 g/mol. The maximum absolute atomic E-state index is 12.7. The summed E-state index contributed by atoms with van der Waals surface area (Å²) in [4.78, 5) is 25.4. The molecule has 1 amide bonds. The fraction of sp³-hybridized carbons (Fsp3) is 0.870. The van der Waals surface area contributed by atoms with Crippen LogP contribution >= 0.6 is 0 Å². The summed E-state index contributed by atoms with van der Waals surface area (Å²) in [5, 5.41) is 0. The first kappa shape index (κ1) is 22.0. The van der Waals surface area contributed by atoms with Gasteiger partial charge in [-0.05, 0) is 87.0 Å². The van der Waals surface area contributed by atoms with Crippen LogP contribution in [0.2, 0.25) is 18.6 Å². The number of carbonyl (C=O) groups is 1. The van der Waals surface area contributed by atoms with Crippen molar-refractivity contribution in [2.24, 2.45) is 29.4 Å². The van der Waals surface area contributed by atoms with Gasteiger partial charge in [0.1, 0.15) is 0 Å². The van der Waals surface area contributed by atoms with E-state index in [0.29, 0.717) is 11.5 Å². The van der Waals surface area contributed by atoms with E-state index in [1.54, 1.807) is 0 Å². The summed E-state index contributed by atoms with van der Waals surface area (Å²) in [7, 11) is -2.15. The van der Waals surface area contributed by atoms with Gasteiger partial charge >= 0.3 is 0 Å². The first-order valence-electron chi connectivity index (χ1n) is 11.8. The Morgan fingerprint density at radius 2 is 1.75 bits per heavy atom. The fourth-order valence-corrected chi connectivity index (χ4v) is 8.38. The van der Waals surface area contributed by atoms with Crippen LogP contribution < -0.4 is 5.73 Å². The van der Waals surface area contributed by atoms with Gasteiger partial charge in [-0.25, -0.2) is 0 Å². The highest BCUT2D eigenvalue weighted by molar-refractivity contribution is 6.71. The van der Waals surface area contributed by atoms with E-state index in [0.717, 1.165) is 63.1 Å². The van der Waals surface area contributed by atoms with Gasteiger partial charge < -0.3 is 15.4 Å². The van der Waals surface area contributed by atoms with Gasteiger partial charge in [-0.2, -0.15) is 0 Å². The molecule has 3 fully saturated rings. The molecule has 3 rings (SSSR count). The van der Waals surface area contributed by atoms with E-state index in [1.807, 2.05) is 6.08 Å². The SMILES string of the molecule is C[Si](C)(O)C1CCCCC1/C=C/C(=O)N1CCC(C2CCCC(CN)C2)CC1.